The first-order valence-electron chi connectivity index (χ1n) is 7.65. The minimum Gasteiger partial charge on any atom is -0.370 e. The van der Waals surface area contributed by atoms with Gasteiger partial charge in [0.25, 0.3) is 0 Å². The van der Waals surface area contributed by atoms with E-state index in [0.29, 0.717) is 11.9 Å². The van der Waals surface area contributed by atoms with Crippen molar-refractivity contribution in [2.24, 2.45) is 22.6 Å². The van der Waals surface area contributed by atoms with E-state index in [-0.39, 0.29) is 24.0 Å². The Balaban J connectivity index is 0.00000161. The normalized spacial score (nSPS) is 22.1. The number of nitrogens with zero attached hydrogens (tertiary/aromatic N) is 4. The Labute approximate surface area is 143 Å². The number of aromatic nitrogens is 3. The Hall–Kier alpha value is -0.860. The first kappa shape index (κ1) is 16.5. The van der Waals surface area contributed by atoms with Crippen LogP contribution in [-0.2, 0) is 13.0 Å². The molecule has 0 amide bonds. The summed E-state index contributed by atoms with van der Waals surface area (Å²) in [5.41, 5.74) is 5.93. The van der Waals surface area contributed by atoms with Crippen molar-refractivity contribution in [1.82, 2.24) is 20.1 Å². The first-order chi connectivity index (χ1) is 9.72. The number of aryl methyl sites for hydroxylation is 2. The fraction of sp³-hybridized carbons (Fsp3) is 0.786. The molecule has 1 aromatic rings. The Kier molecular flexibility index (Phi) is 5.83. The lowest BCUT2D eigenvalue weighted by atomic mass is 9.85. The molecule has 21 heavy (non-hydrogen) atoms. The van der Waals surface area contributed by atoms with Crippen LogP contribution in [0.3, 0.4) is 0 Å². The third kappa shape index (κ3) is 4.08. The summed E-state index contributed by atoms with van der Waals surface area (Å²) in [4.78, 5) is 4.49. The summed E-state index contributed by atoms with van der Waals surface area (Å²) < 4.78 is 2.21. The van der Waals surface area contributed by atoms with Gasteiger partial charge in [0.1, 0.15) is 11.6 Å². The van der Waals surface area contributed by atoms with E-state index in [1.165, 1.54) is 19.3 Å². The monoisotopic (exact) mass is 404 g/mol. The average molecular weight is 404 g/mol. The van der Waals surface area contributed by atoms with Gasteiger partial charge in [-0.1, -0.05) is 6.42 Å². The van der Waals surface area contributed by atoms with Gasteiger partial charge in [0, 0.05) is 26.1 Å². The van der Waals surface area contributed by atoms with Crippen molar-refractivity contribution in [3.05, 3.63) is 11.6 Å². The van der Waals surface area contributed by atoms with Gasteiger partial charge in [-0.2, -0.15) is 0 Å². The lowest BCUT2D eigenvalue weighted by molar-refractivity contribution is 0.315. The highest BCUT2D eigenvalue weighted by molar-refractivity contribution is 14.0. The maximum absolute atomic E-state index is 5.93. The van der Waals surface area contributed by atoms with Crippen LogP contribution in [0.1, 0.15) is 37.3 Å². The quantitative estimate of drug-likeness (QED) is 0.453. The number of nitrogens with one attached hydrogen (secondary N) is 1. The van der Waals surface area contributed by atoms with Crippen molar-refractivity contribution >= 4 is 29.9 Å². The molecule has 3 N–H and O–H groups in total. The van der Waals surface area contributed by atoms with Gasteiger partial charge in [0.05, 0.1) is 0 Å². The molecule has 1 fully saturated rings. The van der Waals surface area contributed by atoms with E-state index in [2.05, 4.69) is 25.1 Å². The van der Waals surface area contributed by atoms with Gasteiger partial charge in [-0.15, -0.1) is 34.2 Å². The van der Waals surface area contributed by atoms with Crippen LogP contribution in [0.15, 0.2) is 4.99 Å². The molecule has 6 nitrogen and oxygen atoms in total. The Bertz CT molecular complexity index is 494. The van der Waals surface area contributed by atoms with E-state index in [1.54, 1.807) is 0 Å². The lowest BCUT2D eigenvalue weighted by Gasteiger charge is -2.26. The van der Waals surface area contributed by atoms with Crippen molar-refractivity contribution in [3.63, 3.8) is 0 Å². The molecule has 0 aromatic carbocycles. The standard InChI is InChI=1S/C14H24N6.HI/c1-10-18-19-13-6-5-12(9-20(10)13)8-17-14(15)16-7-11-3-2-4-11;/h11-12H,2-9H2,1H3,(H3,15,16,17);1H. The minimum atomic E-state index is 0. The molecular formula is C14H25IN6. The summed E-state index contributed by atoms with van der Waals surface area (Å²) in [6.07, 6.45) is 6.15. The Morgan fingerprint density at radius 1 is 1.33 bits per heavy atom. The lowest BCUT2D eigenvalue weighted by Crippen LogP contribution is -2.37. The number of hydrogen-bond acceptors (Lipinski definition) is 3. The first-order valence-corrected chi connectivity index (χ1v) is 7.65. The van der Waals surface area contributed by atoms with Crippen LogP contribution < -0.4 is 11.1 Å². The van der Waals surface area contributed by atoms with E-state index >= 15 is 0 Å². The van der Waals surface area contributed by atoms with Gasteiger partial charge < -0.3 is 15.6 Å². The van der Waals surface area contributed by atoms with Gasteiger partial charge in [0.15, 0.2) is 5.96 Å². The highest BCUT2D eigenvalue weighted by Crippen LogP contribution is 2.25. The second-order valence-corrected chi connectivity index (χ2v) is 6.08. The van der Waals surface area contributed by atoms with Crippen molar-refractivity contribution in [3.8, 4) is 0 Å². The van der Waals surface area contributed by atoms with Gasteiger partial charge in [-0.3, -0.25) is 4.99 Å². The topological polar surface area (TPSA) is 81.1 Å². The highest BCUT2D eigenvalue weighted by atomic mass is 127. The molecule has 2 aliphatic rings. The van der Waals surface area contributed by atoms with Gasteiger partial charge in [0.2, 0.25) is 0 Å². The molecule has 1 aliphatic heterocycles. The number of halogens is 1. The fourth-order valence-electron chi connectivity index (χ4n) is 2.91. The molecule has 1 unspecified atom stereocenters. The van der Waals surface area contributed by atoms with Gasteiger partial charge in [-0.25, -0.2) is 0 Å². The molecule has 1 aliphatic carbocycles. The molecule has 0 saturated heterocycles. The van der Waals surface area contributed by atoms with E-state index in [4.69, 9.17) is 5.73 Å². The molecule has 0 bridgehead atoms. The molecular weight excluding hydrogens is 379 g/mol. The van der Waals surface area contributed by atoms with E-state index in [0.717, 1.165) is 50.0 Å². The predicted octanol–water partition coefficient (Wildman–Crippen LogP) is 1.47. The third-order valence-corrected chi connectivity index (χ3v) is 4.55. The number of rotatable bonds is 4. The maximum atomic E-state index is 5.93. The highest BCUT2D eigenvalue weighted by Gasteiger charge is 2.21. The summed E-state index contributed by atoms with van der Waals surface area (Å²) in [5.74, 6) is 4.06. The Morgan fingerprint density at radius 2 is 2.14 bits per heavy atom. The van der Waals surface area contributed by atoms with Gasteiger partial charge >= 0.3 is 0 Å². The summed E-state index contributed by atoms with van der Waals surface area (Å²) in [7, 11) is 0. The van der Waals surface area contributed by atoms with E-state index in [1.807, 2.05) is 6.92 Å². The van der Waals surface area contributed by atoms with Crippen LogP contribution in [0.5, 0.6) is 0 Å². The summed E-state index contributed by atoms with van der Waals surface area (Å²) in [5, 5.41) is 11.6. The molecule has 0 spiro atoms. The molecule has 0 radical (unpaired) electrons. The zero-order chi connectivity index (χ0) is 13.9. The maximum Gasteiger partial charge on any atom is 0.188 e. The predicted molar refractivity (Wildman–Crippen MR) is 93.8 cm³/mol. The number of aliphatic imine (C=N–C) groups is 1. The fourth-order valence-corrected chi connectivity index (χ4v) is 2.91. The summed E-state index contributed by atoms with van der Waals surface area (Å²) >= 11 is 0. The third-order valence-electron chi connectivity index (χ3n) is 4.55. The average Bonchev–Trinajstić information content (AvgIpc) is 2.76. The van der Waals surface area contributed by atoms with Crippen LogP contribution in [-0.4, -0.2) is 33.8 Å². The largest absolute Gasteiger partial charge is 0.370 e. The number of nitrogens with two attached hydrogens (primary N) is 1. The molecule has 1 aromatic heterocycles. The molecule has 118 valence electrons. The SMILES string of the molecule is Cc1nnc2n1CC(CN=C(N)NCC1CCC1)CC2.I. The van der Waals surface area contributed by atoms with Crippen LogP contribution in [0, 0.1) is 18.8 Å². The Morgan fingerprint density at radius 3 is 2.86 bits per heavy atom. The molecule has 7 heteroatoms. The van der Waals surface area contributed by atoms with Crippen LogP contribution in [0.25, 0.3) is 0 Å². The van der Waals surface area contributed by atoms with Crippen LogP contribution >= 0.6 is 24.0 Å². The molecule has 1 atom stereocenters. The summed E-state index contributed by atoms with van der Waals surface area (Å²) in [6, 6.07) is 0. The van der Waals surface area contributed by atoms with Crippen LogP contribution in [0.2, 0.25) is 0 Å². The smallest absolute Gasteiger partial charge is 0.188 e. The minimum absolute atomic E-state index is 0. The van der Waals surface area contributed by atoms with Gasteiger partial charge in [-0.05, 0) is 38.0 Å². The van der Waals surface area contributed by atoms with Crippen molar-refractivity contribution in [2.75, 3.05) is 13.1 Å². The second-order valence-electron chi connectivity index (χ2n) is 6.08. The molecule has 2 heterocycles. The second kappa shape index (κ2) is 7.42. The van der Waals surface area contributed by atoms with E-state index < -0.39 is 0 Å². The zero-order valence-corrected chi connectivity index (χ0v) is 14.9. The zero-order valence-electron chi connectivity index (χ0n) is 12.6. The van der Waals surface area contributed by atoms with Crippen molar-refractivity contribution in [1.29, 1.82) is 0 Å². The number of guanidine groups is 1. The summed E-state index contributed by atoms with van der Waals surface area (Å²) in [6.45, 7) is 4.75. The van der Waals surface area contributed by atoms with Crippen LogP contribution in [0.4, 0.5) is 0 Å². The van der Waals surface area contributed by atoms with Crippen molar-refractivity contribution in [2.45, 2.75) is 45.6 Å². The number of fused-ring (bicyclic) bond motifs is 1. The molecule has 1 saturated carbocycles. The number of hydrogen-bond donors (Lipinski definition) is 2. The van der Waals surface area contributed by atoms with Crippen molar-refractivity contribution < 1.29 is 0 Å². The van der Waals surface area contributed by atoms with E-state index in [9.17, 15) is 0 Å². The molecule has 3 rings (SSSR count).